The molecule has 0 unspecified atom stereocenters. The number of imide groups is 1. The van der Waals surface area contributed by atoms with Crippen molar-refractivity contribution in [1.82, 2.24) is 16.0 Å². The van der Waals surface area contributed by atoms with Gasteiger partial charge in [0.1, 0.15) is 6.04 Å². The van der Waals surface area contributed by atoms with E-state index in [1.807, 2.05) is 13.8 Å². The van der Waals surface area contributed by atoms with Crippen molar-refractivity contribution < 1.29 is 14.4 Å². The molecule has 1 aliphatic carbocycles. The van der Waals surface area contributed by atoms with Crippen LogP contribution in [-0.4, -0.2) is 29.4 Å². The minimum Gasteiger partial charge on any atom is -0.351 e. The standard InChI is InChI=1S/C19H25N3O3/c1-19(2,11-12-9-13-5-3-4-6-14(13)10-12)22-16(23)8-7-15-17(24)21-18(25)20-15/h3-6,12,15H,7-11H2,1-2H3,(H,22,23)(H2,20,21,24,25)/t15-/m1/s1. The van der Waals surface area contributed by atoms with Gasteiger partial charge in [-0.2, -0.15) is 0 Å². The van der Waals surface area contributed by atoms with Gasteiger partial charge in [-0.3, -0.25) is 14.9 Å². The second-order valence-electron chi connectivity index (χ2n) is 7.73. The third kappa shape index (κ3) is 4.38. The van der Waals surface area contributed by atoms with Crippen LogP contribution in [0.5, 0.6) is 0 Å². The van der Waals surface area contributed by atoms with E-state index in [-0.39, 0.29) is 23.8 Å². The highest BCUT2D eigenvalue weighted by Crippen LogP contribution is 2.31. The van der Waals surface area contributed by atoms with Crippen molar-refractivity contribution in [2.24, 2.45) is 5.92 Å². The molecule has 2 aliphatic rings. The summed E-state index contributed by atoms with van der Waals surface area (Å²) in [5.74, 6) is 0.0860. The molecule has 134 valence electrons. The van der Waals surface area contributed by atoms with Crippen LogP contribution in [0, 0.1) is 5.92 Å². The van der Waals surface area contributed by atoms with Gasteiger partial charge in [0, 0.05) is 12.0 Å². The summed E-state index contributed by atoms with van der Waals surface area (Å²) in [6.07, 6.45) is 3.56. The molecule has 0 radical (unpaired) electrons. The number of rotatable bonds is 6. The monoisotopic (exact) mass is 343 g/mol. The Hall–Kier alpha value is -2.37. The summed E-state index contributed by atoms with van der Waals surface area (Å²) in [6.45, 7) is 4.08. The third-order valence-corrected chi connectivity index (χ3v) is 4.93. The molecule has 3 N–H and O–H groups in total. The van der Waals surface area contributed by atoms with Crippen molar-refractivity contribution in [2.45, 2.75) is 57.5 Å². The molecule has 0 spiro atoms. The fraction of sp³-hybridized carbons (Fsp3) is 0.526. The van der Waals surface area contributed by atoms with Crippen molar-refractivity contribution in [3.05, 3.63) is 35.4 Å². The average Bonchev–Trinajstić information content (AvgIpc) is 3.05. The van der Waals surface area contributed by atoms with Crippen LogP contribution < -0.4 is 16.0 Å². The highest BCUT2D eigenvalue weighted by molar-refractivity contribution is 6.04. The zero-order valence-electron chi connectivity index (χ0n) is 14.7. The molecule has 1 aromatic carbocycles. The van der Waals surface area contributed by atoms with E-state index in [2.05, 4.69) is 40.2 Å². The third-order valence-electron chi connectivity index (χ3n) is 4.93. The Balaban J connectivity index is 1.46. The lowest BCUT2D eigenvalue weighted by atomic mass is 9.88. The van der Waals surface area contributed by atoms with Crippen molar-refractivity contribution in [3.63, 3.8) is 0 Å². The number of nitrogens with one attached hydrogen (secondary N) is 3. The minimum atomic E-state index is -0.606. The lowest BCUT2D eigenvalue weighted by Crippen LogP contribution is -2.45. The van der Waals surface area contributed by atoms with Gasteiger partial charge >= 0.3 is 6.03 Å². The van der Waals surface area contributed by atoms with Crippen LogP contribution in [0.4, 0.5) is 4.79 Å². The maximum absolute atomic E-state index is 12.2. The molecule has 6 nitrogen and oxygen atoms in total. The molecule has 0 aromatic heterocycles. The Morgan fingerprint density at radius 2 is 1.84 bits per heavy atom. The van der Waals surface area contributed by atoms with Crippen molar-refractivity contribution >= 4 is 17.8 Å². The van der Waals surface area contributed by atoms with Gasteiger partial charge in [-0.05, 0) is 56.6 Å². The second-order valence-corrected chi connectivity index (χ2v) is 7.73. The van der Waals surface area contributed by atoms with E-state index >= 15 is 0 Å². The summed E-state index contributed by atoms with van der Waals surface area (Å²) >= 11 is 0. The Morgan fingerprint density at radius 1 is 1.20 bits per heavy atom. The molecule has 1 atom stereocenters. The molecule has 1 heterocycles. The van der Waals surface area contributed by atoms with E-state index in [4.69, 9.17) is 0 Å². The summed E-state index contributed by atoms with van der Waals surface area (Å²) in [5, 5.41) is 7.76. The lowest BCUT2D eigenvalue weighted by molar-refractivity contribution is -0.123. The molecule has 1 aliphatic heterocycles. The Bertz CT molecular complexity index is 674. The molecule has 1 fully saturated rings. The van der Waals surface area contributed by atoms with Crippen LogP contribution in [0.25, 0.3) is 0 Å². The Labute approximate surface area is 147 Å². The van der Waals surface area contributed by atoms with Gasteiger partial charge < -0.3 is 10.6 Å². The number of amides is 4. The van der Waals surface area contributed by atoms with Crippen LogP contribution in [0.3, 0.4) is 0 Å². The van der Waals surface area contributed by atoms with E-state index in [0.29, 0.717) is 12.3 Å². The largest absolute Gasteiger partial charge is 0.351 e. The number of fused-ring (bicyclic) bond motifs is 1. The number of carbonyl (C=O) groups excluding carboxylic acids is 3. The summed E-state index contributed by atoms with van der Waals surface area (Å²) < 4.78 is 0. The molecule has 1 saturated heterocycles. The molecule has 25 heavy (non-hydrogen) atoms. The van der Waals surface area contributed by atoms with E-state index in [9.17, 15) is 14.4 Å². The molecule has 0 saturated carbocycles. The maximum atomic E-state index is 12.2. The number of carbonyl (C=O) groups is 3. The van der Waals surface area contributed by atoms with Gasteiger partial charge in [-0.25, -0.2) is 4.79 Å². The molecule has 1 aromatic rings. The normalized spacial score (nSPS) is 20.2. The van der Waals surface area contributed by atoms with Crippen LogP contribution in [-0.2, 0) is 22.4 Å². The van der Waals surface area contributed by atoms with Crippen LogP contribution in [0.1, 0.15) is 44.2 Å². The van der Waals surface area contributed by atoms with Crippen LogP contribution in [0.2, 0.25) is 0 Å². The first-order valence-corrected chi connectivity index (χ1v) is 8.81. The van der Waals surface area contributed by atoms with E-state index in [1.54, 1.807) is 0 Å². The topological polar surface area (TPSA) is 87.3 Å². The zero-order valence-corrected chi connectivity index (χ0v) is 14.7. The Kier molecular flexibility index (Phi) is 4.79. The number of hydrogen-bond acceptors (Lipinski definition) is 3. The quantitative estimate of drug-likeness (QED) is 0.687. The number of benzene rings is 1. The molecule has 6 heteroatoms. The van der Waals surface area contributed by atoms with E-state index in [1.165, 1.54) is 11.1 Å². The van der Waals surface area contributed by atoms with Gasteiger partial charge in [-0.1, -0.05) is 24.3 Å². The van der Waals surface area contributed by atoms with E-state index in [0.717, 1.165) is 19.3 Å². The van der Waals surface area contributed by atoms with Gasteiger partial charge in [0.15, 0.2) is 0 Å². The highest BCUT2D eigenvalue weighted by Gasteiger charge is 2.31. The molecular formula is C19H25N3O3. The Morgan fingerprint density at radius 3 is 2.40 bits per heavy atom. The molecule has 4 amide bonds. The smallest absolute Gasteiger partial charge is 0.322 e. The van der Waals surface area contributed by atoms with Crippen LogP contribution in [0.15, 0.2) is 24.3 Å². The summed E-state index contributed by atoms with van der Waals surface area (Å²) in [5.41, 5.74) is 2.53. The zero-order chi connectivity index (χ0) is 18.0. The fourth-order valence-corrected chi connectivity index (χ4v) is 3.94. The lowest BCUT2D eigenvalue weighted by Gasteiger charge is -2.29. The summed E-state index contributed by atoms with van der Waals surface area (Å²) in [4.78, 5) is 34.8. The number of hydrogen-bond donors (Lipinski definition) is 3. The van der Waals surface area contributed by atoms with Gasteiger partial charge in [0.2, 0.25) is 5.91 Å². The second kappa shape index (κ2) is 6.86. The predicted molar refractivity (Wildman–Crippen MR) is 93.9 cm³/mol. The van der Waals surface area contributed by atoms with Crippen molar-refractivity contribution in [1.29, 1.82) is 0 Å². The van der Waals surface area contributed by atoms with Crippen LogP contribution >= 0.6 is 0 Å². The van der Waals surface area contributed by atoms with Crippen molar-refractivity contribution in [2.75, 3.05) is 0 Å². The average molecular weight is 343 g/mol. The fourth-order valence-electron chi connectivity index (χ4n) is 3.94. The SMILES string of the molecule is CC(C)(CC1Cc2ccccc2C1)NC(=O)CC[C@H]1NC(=O)NC1=O. The number of urea groups is 1. The minimum absolute atomic E-state index is 0.0885. The molecule has 0 bridgehead atoms. The van der Waals surface area contributed by atoms with E-state index < -0.39 is 12.1 Å². The first kappa shape index (κ1) is 17.5. The van der Waals surface area contributed by atoms with Gasteiger partial charge in [-0.15, -0.1) is 0 Å². The maximum Gasteiger partial charge on any atom is 0.322 e. The first-order chi connectivity index (χ1) is 11.8. The van der Waals surface area contributed by atoms with Crippen molar-refractivity contribution in [3.8, 4) is 0 Å². The molecule has 3 rings (SSSR count). The highest BCUT2D eigenvalue weighted by atomic mass is 16.2. The first-order valence-electron chi connectivity index (χ1n) is 8.81. The molecular weight excluding hydrogens is 318 g/mol. The van der Waals surface area contributed by atoms with Gasteiger partial charge in [0.05, 0.1) is 0 Å². The van der Waals surface area contributed by atoms with Gasteiger partial charge in [0.25, 0.3) is 5.91 Å². The summed E-state index contributed by atoms with van der Waals surface area (Å²) in [6, 6.07) is 7.42. The predicted octanol–water partition coefficient (Wildman–Crippen LogP) is 1.67. The summed E-state index contributed by atoms with van der Waals surface area (Å²) in [7, 11) is 0.